The second-order valence-electron chi connectivity index (χ2n) is 5.23. The summed E-state index contributed by atoms with van der Waals surface area (Å²) in [6.45, 7) is 1.65. The number of rotatable bonds is 4. The Morgan fingerprint density at radius 2 is 1.77 bits per heavy atom. The number of aromatic nitrogens is 3. The fourth-order valence-electron chi connectivity index (χ4n) is 2.26. The smallest absolute Gasteiger partial charge is 0.316 e. The molecule has 132 valence electrons. The highest BCUT2D eigenvalue weighted by Crippen LogP contribution is 2.35. The molecule has 1 N–H and O–H groups in total. The Balaban J connectivity index is 2.06. The number of nitrogens with zero attached hydrogens (tertiary/aromatic N) is 4. The van der Waals surface area contributed by atoms with E-state index in [0.717, 1.165) is 12.1 Å². The summed E-state index contributed by atoms with van der Waals surface area (Å²) in [6.07, 6.45) is 0. The third kappa shape index (κ3) is 3.51. The van der Waals surface area contributed by atoms with Crippen molar-refractivity contribution in [3.8, 4) is 5.69 Å². The molecule has 3 aromatic rings. The first-order valence-electron chi connectivity index (χ1n) is 7.30. The molecule has 0 unspecified atom stereocenters. The van der Waals surface area contributed by atoms with Crippen LogP contribution in [0.5, 0.6) is 0 Å². The number of non-ortho nitro benzene ring substituents is 1. The third-order valence-corrected chi connectivity index (χ3v) is 4.05. The van der Waals surface area contributed by atoms with Crippen LogP contribution in [0.25, 0.3) is 5.69 Å². The maximum absolute atomic E-state index is 12.2. The van der Waals surface area contributed by atoms with E-state index in [-0.39, 0.29) is 27.2 Å². The number of nitro groups is 1. The van der Waals surface area contributed by atoms with Crippen LogP contribution in [0.1, 0.15) is 5.82 Å². The first kappa shape index (κ1) is 17.8. The summed E-state index contributed by atoms with van der Waals surface area (Å²) in [5, 5.41) is 17.8. The summed E-state index contributed by atoms with van der Waals surface area (Å²) in [5.41, 5.74) is -0.0300. The van der Waals surface area contributed by atoms with Gasteiger partial charge in [0, 0.05) is 12.1 Å². The molecular weight excluding hydrogens is 381 g/mol. The van der Waals surface area contributed by atoms with Gasteiger partial charge in [-0.15, -0.1) is 5.10 Å². The summed E-state index contributed by atoms with van der Waals surface area (Å²) in [5.74, 6) is 0.282. The maximum Gasteiger partial charge on any atom is 0.316 e. The van der Waals surface area contributed by atoms with E-state index in [4.69, 9.17) is 23.2 Å². The average Bonchev–Trinajstić information content (AvgIpc) is 2.60. The van der Waals surface area contributed by atoms with Gasteiger partial charge in [-0.1, -0.05) is 41.4 Å². The normalized spacial score (nSPS) is 10.6. The van der Waals surface area contributed by atoms with Crippen molar-refractivity contribution in [1.82, 2.24) is 14.8 Å². The summed E-state index contributed by atoms with van der Waals surface area (Å²) in [7, 11) is 0. The van der Waals surface area contributed by atoms with Gasteiger partial charge in [-0.2, -0.15) is 4.98 Å². The van der Waals surface area contributed by atoms with Crippen LogP contribution < -0.4 is 10.9 Å². The van der Waals surface area contributed by atoms with Gasteiger partial charge in [0.15, 0.2) is 0 Å². The van der Waals surface area contributed by atoms with Gasteiger partial charge < -0.3 is 5.32 Å². The van der Waals surface area contributed by atoms with Crippen molar-refractivity contribution in [1.29, 1.82) is 0 Å². The zero-order chi connectivity index (χ0) is 18.8. The molecule has 0 amide bonds. The zero-order valence-corrected chi connectivity index (χ0v) is 14.8. The van der Waals surface area contributed by atoms with E-state index in [1.165, 1.54) is 4.68 Å². The molecule has 10 heteroatoms. The molecule has 1 aromatic heterocycles. The first-order valence-corrected chi connectivity index (χ1v) is 8.06. The standard InChI is InChI=1S/C16H11Cl2N5O3/c1-9-19-16(24)15(21-22(9)10-5-3-2-4-6-10)20-14-12(17)7-11(23(25)26)8-13(14)18/h2-8H,1H3,(H,20,21). The Labute approximate surface area is 157 Å². The van der Waals surface area contributed by atoms with Gasteiger partial charge in [-0.3, -0.25) is 14.9 Å². The van der Waals surface area contributed by atoms with Crippen molar-refractivity contribution in [3.63, 3.8) is 0 Å². The highest BCUT2D eigenvalue weighted by molar-refractivity contribution is 6.39. The highest BCUT2D eigenvalue weighted by atomic mass is 35.5. The van der Waals surface area contributed by atoms with Crippen LogP contribution in [0.3, 0.4) is 0 Å². The van der Waals surface area contributed by atoms with Gasteiger partial charge >= 0.3 is 5.56 Å². The van der Waals surface area contributed by atoms with Crippen LogP contribution in [0.4, 0.5) is 17.2 Å². The summed E-state index contributed by atoms with van der Waals surface area (Å²) >= 11 is 12.1. The Morgan fingerprint density at radius 3 is 2.35 bits per heavy atom. The fourth-order valence-corrected chi connectivity index (χ4v) is 2.83. The lowest BCUT2D eigenvalue weighted by Gasteiger charge is -2.12. The molecule has 0 saturated heterocycles. The number of hydrogen-bond acceptors (Lipinski definition) is 6. The minimum Gasteiger partial charge on any atom is -0.332 e. The van der Waals surface area contributed by atoms with E-state index in [1.807, 2.05) is 30.3 Å². The Hall–Kier alpha value is -2.97. The molecule has 0 bridgehead atoms. The predicted octanol–water partition coefficient (Wildman–Crippen LogP) is 3.89. The molecule has 0 fully saturated rings. The van der Waals surface area contributed by atoms with Gasteiger partial charge in [0.05, 0.1) is 26.3 Å². The topological polar surface area (TPSA) is 103 Å². The number of benzene rings is 2. The average molecular weight is 392 g/mol. The molecule has 0 aliphatic heterocycles. The molecule has 1 heterocycles. The Morgan fingerprint density at radius 1 is 1.15 bits per heavy atom. The van der Waals surface area contributed by atoms with Gasteiger partial charge in [0.2, 0.25) is 5.82 Å². The number of para-hydroxylation sites is 1. The van der Waals surface area contributed by atoms with E-state index in [2.05, 4.69) is 15.4 Å². The molecule has 0 radical (unpaired) electrons. The zero-order valence-electron chi connectivity index (χ0n) is 13.3. The van der Waals surface area contributed by atoms with Crippen molar-refractivity contribution in [2.45, 2.75) is 6.92 Å². The van der Waals surface area contributed by atoms with Crippen molar-refractivity contribution in [2.24, 2.45) is 0 Å². The molecule has 0 aliphatic carbocycles. The molecule has 0 spiro atoms. The predicted molar refractivity (Wildman–Crippen MR) is 98.8 cm³/mol. The van der Waals surface area contributed by atoms with Gasteiger partial charge in [0.25, 0.3) is 5.69 Å². The van der Waals surface area contributed by atoms with Crippen LogP contribution in [0.15, 0.2) is 47.3 Å². The van der Waals surface area contributed by atoms with E-state index in [1.54, 1.807) is 6.92 Å². The SMILES string of the molecule is Cc1nc(=O)c(Nc2c(Cl)cc([N+](=O)[O-])cc2Cl)nn1-c1ccccc1. The van der Waals surface area contributed by atoms with Crippen LogP contribution in [0.2, 0.25) is 10.0 Å². The summed E-state index contributed by atoms with van der Waals surface area (Å²) < 4.78 is 1.48. The van der Waals surface area contributed by atoms with E-state index < -0.39 is 10.5 Å². The number of aryl methyl sites for hydroxylation is 1. The van der Waals surface area contributed by atoms with Crippen molar-refractivity contribution in [3.05, 3.63) is 78.8 Å². The number of nitrogens with one attached hydrogen (secondary N) is 1. The molecule has 0 saturated carbocycles. The lowest BCUT2D eigenvalue weighted by atomic mass is 10.2. The van der Waals surface area contributed by atoms with E-state index in [9.17, 15) is 14.9 Å². The van der Waals surface area contributed by atoms with Crippen LogP contribution >= 0.6 is 23.2 Å². The molecule has 8 nitrogen and oxygen atoms in total. The van der Waals surface area contributed by atoms with Crippen molar-refractivity contribution >= 4 is 40.4 Å². The second kappa shape index (κ2) is 7.11. The van der Waals surface area contributed by atoms with E-state index in [0.29, 0.717) is 11.5 Å². The minimum atomic E-state index is -0.615. The Kier molecular flexibility index (Phi) is 4.88. The molecule has 0 atom stereocenters. The minimum absolute atomic E-state index is 0.0164. The quantitative estimate of drug-likeness (QED) is 0.534. The van der Waals surface area contributed by atoms with Crippen LogP contribution in [0, 0.1) is 17.0 Å². The summed E-state index contributed by atoms with van der Waals surface area (Å²) in [6, 6.07) is 11.4. The monoisotopic (exact) mass is 391 g/mol. The second-order valence-corrected chi connectivity index (χ2v) is 6.04. The van der Waals surface area contributed by atoms with Crippen LogP contribution in [-0.4, -0.2) is 19.7 Å². The van der Waals surface area contributed by atoms with Gasteiger partial charge in [-0.05, 0) is 19.1 Å². The largest absolute Gasteiger partial charge is 0.332 e. The number of nitro benzene ring substituents is 1. The maximum atomic E-state index is 12.2. The lowest BCUT2D eigenvalue weighted by molar-refractivity contribution is -0.384. The number of hydrogen-bond donors (Lipinski definition) is 1. The first-order chi connectivity index (χ1) is 12.4. The van der Waals surface area contributed by atoms with Gasteiger partial charge in [0.1, 0.15) is 5.82 Å². The van der Waals surface area contributed by atoms with Gasteiger partial charge in [-0.25, -0.2) is 4.68 Å². The molecule has 0 aliphatic rings. The third-order valence-electron chi connectivity index (χ3n) is 3.45. The number of halogens is 2. The molecule has 26 heavy (non-hydrogen) atoms. The van der Waals surface area contributed by atoms with Crippen molar-refractivity contribution < 1.29 is 4.92 Å². The van der Waals surface area contributed by atoms with Crippen LogP contribution in [-0.2, 0) is 0 Å². The molecule has 3 rings (SSSR count). The lowest BCUT2D eigenvalue weighted by Crippen LogP contribution is -2.21. The molecular formula is C16H11Cl2N5O3. The molecule has 2 aromatic carbocycles. The fraction of sp³-hybridized carbons (Fsp3) is 0.0625. The highest BCUT2D eigenvalue weighted by Gasteiger charge is 2.17. The Bertz CT molecular complexity index is 1030. The summed E-state index contributed by atoms with van der Waals surface area (Å²) in [4.78, 5) is 26.4. The number of anilines is 2. The van der Waals surface area contributed by atoms with Crippen molar-refractivity contribution in [2.75, 3.05) is 5.32 Å². The van der Waals surface area contributed by atoms with E-state index >= 15 is 0 Å².